The molecule has 3 heterocycles. The Morgan fingerprint density at radius 3 is 2.24 bits per heavy atom. The second-order valence-electron chi connectivity index (χ2n) is 8.62. The largest absolute Gasteiger partial charge is 0.496 e. The summed E-state index contributed by atoms with van der Waals surface area (Å²) in [5.74, 6) is -3.21. The Morgan fingerprint density at radius 2 is 1.70 bits per heavy atom. The topological polar surface area (TPSA) is 125 Å². The minimum Gasteiger partial charge on any atom is -0.496 e. The molecule has 0 amide bonds. The summed E-state index contributed by atoms with van der Waals surface area (Å²) in [5.41, 5.74) is 1.31. The highest BCUT2D eigenvalue weighted by Gasteiger charge is 2.39. The Bertz CT molecular complexity index is 1120. The molecule has 0 aliphatic carbocycles. The van der Waals surface area contributed by atoms with Gasteiger partial charge in [-0.25, -0.2) is 14.4 Å². The number of para-hydroxylation sites is 1. The second kappa shape index (κ2) is 12.0. The number of carboxylic acid groups (broad SMARTS) is 2. The quantitative estimate of drug-likeness (QED) is 0.464. The van der Waals surface area contributed by atoms with Crippen LogP contribution < -0.4 is 10.1 Å². The van der Waals surface area contributed by atoms with Gasteiger partial charge >= 0.3 is 24.1 Å². The highest BCUT2D eigenvalue weighted by Crippen LogP contribution is 2.33. The molecule has 12 heteroatoms. The first-order chi connectivity index (χ1) is 17.5. The van der Waals surface area contributed by atoms with E-state index >= 15 is 0 Å². The molecular formula is C25H27F3N2O7. The minimum absolute atomic E-state index is 0.121. The summed E-state index contributed by atoms with van der Waals surface area (Å²) in [7, 11) is 1.56. The van der Waals surface area contributed by atoms with Gasteiger partial charge in [-0.05, 0) is 56.1 Å². The number of carbonyl (C=O) groups excluding carboxylic acids is 1. The molecule has 3 N–H and O–H groups in total. The van der Waals surface area contributed by atoms with Crippen LogP contribution in [0.4, 0.5) is 18.9 Å². The number of hydrogen-bond acceptors (Lipinski definition) is 7. The van der Waals surface area contributed by atoms with Gasteiger partial charge in [0.25, 0.3) is 0 Å². The van der Waals surface area contributed by atoms with Crippen molar-refractivity contribution in [3.8, 4) is 5.75 Å². The van der Waals surface area contributed by atoms with Crippen LogP contribution in [0, 0.1) is 5.92 Å². The number of esters is 1. The van der Waals surface area contributed by atoms with Gasteiger partial charge in [-0.3, -0.25) is 4.90 Å². The summed E-state index contributed by atoms with van der Waals surface area (Å²) < 4.78 is 43.2. The molecule has 37 heavy (non-hydrogen) atoms. The number of rotatable bonds is 7. The number of aliphatic carboxylic acids is 1. The summed E-state index contributed by atoms with van der Waals surface area (Å²) in [6.07, 6.45) is -3.11. The number of fused-ring (bicyclic) bond motifs is 3. The smallest absolute Gasteiger partial charge is 0.490 e. The Balaban J connectivity index is 0.000000479. The Morgan fingerprint density at radius 1 is 1.05 bits per heavy atom. The first kappa shape index (κ1) is 27.8. The molecule has 3 aliphatic rings. The zero-order valence-corrected chi connectivity index (χ0v) is 19.9. The maximum absolute atomic E-state index is 13.3. The number of alkyl halides is 3. The van der Waals surface area contributed by atoms with E-state index in [4.69, 9.17) is 19.4 Å². The van der Waals surface area contributed by atoms with E-state index in [1.54, 1.807) is 25.3 Å². The fourth-order valence-corrected chi connectivity index (χ4v) is 4.34. The number of carboxylic acids is 2. The number of methoxy groups -OCH3 is 1. The highest BCUT2D eigenvalue weighted by molar-refractivity contribution is 5.89. The first-order valence-corrected chi connectivity index (χ1v) is 11.5. The van der Waals surface area contributed by atoms with Crippen LogP contribution in [0.3, 0.4) is 0 Å². The van der Waals surface area contributed by atoms with E-state index in [0.29, 0.717) is 22.9 Å². The SMILES string of the molecule is COc1ccccc1C(Nc1cccc(C(=O)O)c1)C(=O)O[C@H]1CN2CCC1CC2.O=C(O)C(F)(F)F. The molecule has 0 aromatic heterocycles. The maximum atomic E-state index is 13.3. The summed E-state index contributed by atoms with van der Waals surface area (Å²) in [4.78, 5) is 35.9. The predicted octanol–water partition coefficient (Wildman–Crippen LogP) is 3.82. The number of halogens is 3. The van der Waals surface area contributed by atoms with Crippen molar-refractivity contribution in [1.82, 2.24) is 4.90 Å². The van der Waals surface area contributed by atoms with Crippen molar-refractivity contribution in [1.29, 1.82) is 0 Å². The fourth-order valence-electron chi connectivity index (χ4n) is 4.34. The lowest BCUT2D eigenvalue weighted by atomic mass is 9.86. The van der Waals surface area contributed by atoms with Crippen molar-refractivity contribution >= 4 is 23.6 Å². The van der Waals surface area contributed by atoms with Crippen LogP contribution in [0.15, 0.2) is 48.5 Å². The number of anilines is 1. The number of nitrogens with zero attached hydrogens (tertiary/aromatic N) is 1. The zero-order chi connectivity index (χ0) is 27.2. The summed E-state index contributed by atoms with van der Waals surface area (Å²) in [6.45, 7) is 2.90. The summed E-state index contributed by atoms with van der Waals surface area (Å²) in [5, 5.41) is 19.6. The molecule has 2 atom stereocenters. The molecule has 3 aliphatic heterocycles. The van der Waals surface area contributed by atoms with Gasteiger partial charge in [-0.1, -0.05) is 24.3 Å². The van der Waals surface area contributed by atoms with Gasteiger partial charge in [0, 0.05) is 17.8 Å². The Kier molecular flexibility index (Phi) is 8.98. The van der Waals surface area contributed by atoms with Gasteiger partial charge in [0.15, 0.2) is 6.04 Å². The number of hydrogen-bond donors (Lipinski definition) is 3. The molecule has 0 spiro atoms. The van der Waals surface area contributed by atoms with Crippen molar-refractivity contribution in [3.63, 3.8) is 0 Å². The van der Waals surface area contributed by atoms with Crippen LogP contribution >= 0.6 is 0 Å². The Hall–Kier alpha value is -3.80. The molecular weight excluding hydrogens is 497 g/mol. The van der Waals surface area contributed by atoms with Crippen LogP contribution in [-0.4, -0.2) is 72.0 Å². The van der Waals surface area contributed by atoms with E-state index in [-0.39, 0.29) is 17.6 Å². The fraction of sp³-hybridized carbons (Fsp3) is 0.400. The average molecular weight is 524 g/mol. The van der Waals surface area contributed by atoms with Crippen molar-refractivity contribution < 1.29 is 47.2 Å². The van der Waals surface area contributed by atoms with Gasteiger partial charge < -0.3 is 25.0 Å². The predicted molar refractivity (Wildman–Crippen MR) is 125 cm³/mol. The van der Waals surface area contributed by atoms with E-state index in [0.717, 1.165) is 32.5 Å². The summed E-state index contributed by atoms with van der Waals surface area (Å²) in [6, 6.07) is 12.9. The number of carbonyl (C=O) groups is 3. The molecule has 2 bridgehead atoms. The number of piperidine rings is 3. The molecule has 200 valence electrons. The zero-order valence-electron chi connectivity index (χ0n) is 19.9. The Labute approximate surface area is 210 Å². The first-order valence-electron chi connectivity index (χ1n) is 11.5. The number of aromatic carboxylic acids is 1. The second-order valence-corrected chi connectivity index (χ2v) is 8.62. The molecule has 2 aromatic rings. The molecule has 3 saturated heterocycles. The molecule has 0 radical (unpaired) electrons. The monoisotopic (exact) mass is 524 g/mol. The van der Waals surface area contributed by atoms with Crippen molar-refractivity contribution in [2.75, 3.05) is 32.1 Å². The van der Waals surface area contributed by atoms with Crippen molar-refractivity contribution in [2.45, 2.75) is 31.2 Å². The molecule has 1 unspecified atom stereocenters. The van der Waals surface area contributed by atoms with Crippen LogP contribution in [0.2, 0.25) is 0 Å². The number of benzene rings is 2. The molecule has 2 aromatic carbocycles. The van der Waals surface area contributed by atoms with Gasteiger partial charge in [0.1, 0.15) is 11.9 Å². The third-order valence-electron chi connectivity index (χ3n) is 6.21. The van der Waals surface area contributed by atoms with Gasteiger partial charge in [-0.2, -0.15) is 13.2 Å². The van der Waals surface area contributed by atoms with E-state index in [9.17, 15) is 27.9 Å². The van der Waals surface area contributed by atoms with Gasteiger partial charge in [-0.15, -0.1) is 0 Å². The minimum atomic E-state index is -5.08. The lowest BCUT2D eigenvalue weighted by Crippen LogP contribution is -2.52. The van der Waals surface area contributed by atoms with Gasteiger partial charge in [0.05, 0.1) is 12.7 Å². The molecule has 0 saturated carbocycles. The normalized spacial score (nSPS) is 21.1. The van der Waals surface area contributed by atoms with E-state index in [1.165, 1.54) is 12.1 Å². The molecule has 9 nitrogen and oxygen atoms in total. The van der Waals surface area contributed by atoms with Crippen molar-refractivity contribution in [3.05, 3.63) is 59.7 Å². The van der Waals surface area contributed by atoms with Gasteiger partial charge in [0.2, 0.25) is 0 Å². The lowest BCUT2D eigenvalue weighted by Gasteiger charge is -2.44. The number of nitrogens with one attached hydrogen (secondary N) is 1. The standard InChI is InChI=1S/C23H26N2O5.C2HF3O2/c1-29-19-8-3-2-7-18(19)21(24-17-6-4-5-16(13-17)22(26)27)23(28)30-20-14-25-11-9-15(20)10-12-25;3-2(4,5)1(6)7/h2-8,13,15,20-21,24H,9-12,14H2,1H3,(H,26,27);(H,6,7)/t20-,21?;/m0./s1. The highest BCUT2D eigenvalue weighted by atomic mass is 19.4. The van der Waals surface area contributed by atoms with E-state index in [1.807, 2.05) is 18.2 Å². The molecule has 5 rings (SSSR count). The molecule has 3 fully saturated rings. The summed E-state index contributed by atoms with van der Waals surface area (Å²) >= 11 is 0. The van der Waals surface area contributed by atoms with Crippen LogP contribution in [0.1, 0.15) is 34.8 Å². The third-order valence-corrected chi connectivity index (χ3v) is 6.21. The maximum Gasteiger partial charge on any atom is 0.490 e. The van der Waals surface area contributed by atoms with Crippen molar-refractivity contribution in [2.24, 2.45) is 5.92 Å². The van der Waals surface area contributed by atoms with Crippen LogP contribution in [0.5, 0.6) is 5.75 Å². The average Bonchev–Trinajstić information content (AvgIpc) is 2.88. The lowest BCUT2D eigenvalue weighted by molar-refractivity contribution is -0.192. The van der Waals surface area contributed by atoms with E-state index < -0.39 is 24.2 Å². The van der Waals surface area contributed by atoms with Crippen LogP contribution in [0.25, 0.3) is 0 Å². The number of ether oxygens (including phenoxy) is 2. The third kappa shape index (κ3) is 7.35. The van der Waals surface area contributed by atoms with Crippen LogP contribution in [-0.2, 0) is 14.3 Å². The van der Waals surface area contributed by atoms with E-state index in [2.05, 4.69) is 10.2 Å².